The highest BCUT2D eigenvalue weighted by molar-refractivity contribution is 4.93. The third-order valence-electron chi connectivity index (χ3n) is 1.53. The zero-order valence-electron chi connectivity index (χ0n) is 5.19. The molecule has 42 valence electrons. The lowest BCUT2D eigenvalue weighted by Gasteiger charge is -1.87. The summed E-state index contributed by atoms with van der Waals surface area (Å²) in [6.07, 6.45) is 1.71. The van der Waals surface area contributed by atoms with E-state index in [2.05, 4.69) is 20.8 Å². The van der Waals surface area contributed by atoms with Gasteiger partial charge in [0.15, 0.2) is 0 Å². The fourth-order valence-electron chi connectivity index (χ4n) is 0.908. The van der Waals surface area contributed by atoms with E-state index in [0.29, 0.717) is 6.10 Å². The highest BCUT2D eigenvalue weighted by Gasteiger charge is 2.45. The van der Waals surface area contributed by atoms with E-state index in [1.54, 1.807) is 0 Å². The average molecular weight is 100 g/mol. The summed E-state index contributed by atoms with van der Waals surface area (Å²) in [5.74, 6) is 0. The Morgan fingerprint density at radius 3 is 2.00 bits per heavy atom. The van der Waals surface area contributed by atoms with Crippen LogP contribution in [0.3, 0.4) is 0 Å². The first-order valence-electron chi connectivity index (χ1n) is 2.84. The summed E-state index contributed by atoms with van der Waals surface area (Å²) in [7, 11) is 0. The van der Waals surface area contributed by atoms with Gasteiger partial charge in [0.25, 0.3) is 0 Å². The highest BCUT2D eigenvalue weighted by atomic mass is 16.6. The van der Waals surface area contributed by atoms with Gasteiger partial charge in [-0.25, -0.2) is 0 Å². The van der Waals surface area contributed by atoms with Crippen molar-refractivity contribution >= 4 is 0 Å². The zero-order valence-corrected chi connectivity index (χ0v) is 5.19. The minimum absolute atomic E-state index is 0.217. The maximum absolute atomic E-state index is 5.25. The molecule has 1 fully saturated rings. The molecule has 0 aromatic carbocycles. The van der Waals surface area contributed by atoms with Crippen LogP contribution >= 0.6 is 0 Å². The van der Waals surface area contributed by atoms with Crippen molar-refractivity contribution in [2.75, 3.05) is 0 Å². The zero-order chi connectivity index (χ0) is 5.49. The van der Waals surface area contributed by atoms with Gasteiger partial charge in [0, 0.05) is 0 Å². The lowest BCUT2D eigenvalue weighted by molar-refractivity contribution is 0.322. The molecule has 1 aliphatic rings. The second kappa shape index (κ2) is 1.22. The normalized spacial score (nSPS) is 35.6. The summed E-state index contributed by atoms with van der Waals surface area (Å²) in [6.45, 7) is 6.40. The van der Waals surface area contributed by atoms with Gasteiger partial charge in [0.2, 0.25) is 0 Å². The van der Waals surface area contributed by atoms with Gasteiger partial charge in [0.05, 0.1) is 11.7 Å². The van der Waals surface area contributed by atoms with Crippen LogP contribution in [0.25, 0.3) is 0 Å². The van der Waals surface area contributed by atoms with Crippen molar-refractivity contribution in [2.45, 2.75) is 38.9 Å². The van der Waals surface area contributed by atoms with Crippen molar-refractivity contribution in [1.82, 2.24) is 0 Å². The van der Waals surface area contributed by atoms with Crippen molar-refractivity contribution in [3.05, 3.63) is 0 Å². The molecule has 0 aromatic heterocycles. The van der Waals surface area contributed by atoms with Gasteiger partial charge in [-0.2, -0.15) is 0 Å². The first kappa shape index (κ1) is 5.10. The molecule has 0 unspecified atom stereocenters. The molecule has 0 N–H and O–H groups in total. The van der Waals surface area contributed by atoms with Crippen molar-refractivity contribution in [3.63, 3.8) is 0 Å². The van der Waals surface area contributed by atoms with Gasteiger partial charge >= 0.3 is 0 Å². The Morgan fingerprint density at radius 2 is 2.00 bits per heavy atom. The second-order valence-corrected chi connectivity index (χ2v) is 2.62. The maximum atomic E-state index is 5.25. The Balaban J connectivity index is 2.30. The first-order valence-corrected chi connectivity index (χ1v) is 2.84. The molecule has 0 aliphatic carbocycles. The SMILES string of the molecule is CC[C@H]1OC1(C)C. The maximum Gasteiger partial charge on any atom is 0.0892 e. The molecular formula is C6H12O. The van der Waals surface area contributed by atoms with Crippen LogP contribution in [0.1, 0.15) is 27.2 Å². The molecule has 0 bridgehead atoms. The molecule has 1 nitrogen and oxygen atoms in total. The minimum atomic E-state index is 0.217. The molecule has 7 heavy (non-hydrogen) atoms. The monoisotopic (exact) mass is 100 g/mol. The van der Waals surface area contributed by atoms with Crippen LogP contribution in [-0.4, -0.2) is 11.7 Å². The van der Waals surface area contributed by atoms with Crippen LogP contribution < -0.4 is 0 Å². The third-order valence-corrected chi connectivity index (χ3v) is 1.53. The molecule has 1 aliphatic heterocycles. The molecule has 1 heterocycles. The third kappa shape index (κ3) is 0.778. The summed E-state index contributed by atoms with van der Waals surface area (Å²) in [4.78, 5) is 0. The van der Waals surface area contributed by atoms with Gasteiger partial charge in [-0.3, -0.25) is 0 Å². The molecule has 0 aromatic rings. The molecule has 0 amide bonds. The van der Waals surface area contributed by atoms with E-state index in [-0.39, 0.29) is 5.60 Å². The van der Waals surface area contributed by atoms with Crippen molar-refractivity contribution in [2.24, 2.45) is 0 Å². The molecule has 1 saturated heterocycles. The average Bonchev–Trinajstić information content (AvgIpc) is 2.13. The predicted octanol–water partition coefficient (Wildman–Crippen LogP) is 1.57. The standard InChI is InChI=1S/C6H12O/c1-4-5-6(2,3)7-5/h5H,4H2,1-3H3/t5-/m1/s1. The number of hydrogen-bond acceptors (Lipinski definition) is 1. The van der Waals surface area contributed by atoms with E-state index in [1.165, 1.54) is 0 Å². The fourth-order valence-corrected chi connectivity index (χ4v) is 0.908. The van der Waals surface area contributed by atoms with E-state index in [9.17, 15) is 0 Å². The van der Waals surface area contributed by atoms with Gasteiger partial charge < -0.3 is 4.74 Å². The molecule has 1 atom stereocenters. The van der Waals surface area contributed by atoms with Crippen LogP contribution in [0.2, 0.25) is 0 Å². The topological polar surface area (TPSA) is 12.5 Å². The van der Waals surface area contributed by atoms with Crippen LogP contribution in [0, 0.1) is 0 Å². The van der Waals surface area contributed by atoms with Crippen LogP contribution in [-0.2, 0) is 4.74 Å². The highest BCUT2D eigenvalue weighted by Crippen LogP contribution is 2.36. The second-order valence-electron chi connectivity index (χ2n) is 2.62. The summed E-state index contributed by atoms with van der Waals surface area (Å²) < 4.78 is 5.25. The molecular weight excluding hydrogens is 88.1 g/mol. The molecule has 1 rings (SSSR count). The number of hydrogen-bond donors (Lipinski definition) is 0. The van der Waals surface area contributed by atoms with E-state index in [1.807, 2.05) is 0 Å². The van der Waals surface area contributed by atoms with Gasteiger partial charge in [-0.1, -0.05) is 6.92 Å². The van der Waals surface area contributed by atoms with Crippen molar-refractivity contribution < 1.29 is 4.74 Å². The Kier molecular flexibility index (Phi) is 0.890. The first-order chi connectivity index (χ1) is 3.17. The smallest absolute Gasteiger partial charge is 0.0892 e. The van der Waals surface area contributed by atoms with Crippen molar-refractivity contribution in [3.8, 4) is 0 Å². The van der Waals surface area contributed by atoms with E-state index in [4.69, 9.17) is 4.74 Å². The Bertz CT molecular complexity index is 76.2. The van der Waals surface area contributed by atoms with Crippen molar-refractivity contribution in [1.29, 1.82) is 0 Å². The quantitative estimate of drug-likeness (QED) is 0.456. The number of epoxide rings is 1. The molecule has 1 heteroatoms. The van der Waals surface area contributed by atoms with Gasteiger partial charge in [-0.15, -0.1) is 0 Å². The van der Waals surface area contributed by atoms with Gasteiger partial charge in [-0.05, 0) is 20.3 Å². The van der Waals surface area contributed by atoms with E-state index >= 15 is 0 Å². The van der Waals surface area contributed by atoms with E-state index in [0.717, 1.165) is 6.42 Å². The van der Waals surface area contributed by atoms with Crippen LogP contribution in [0.5, 0.6) is 0 Å². The van der Waals surface area contributed by atoms with E-state index < -0.39 is 0 Å². The van der Waals surface area contributed by atoms with Crippen LogP contribution in [0.15, 0.2) is 0 Å². The lowest BCUT2D eigenvalue weighted by Crippen LogP contribution is -2.00. The summed E-state index contributed by atoms with van der Waals surface area (Å²) in [5, 5.41) is 0. The molecule has 0 saturated carbocycles. The number of ether oxygens (including phenoxy) is 1. The minimum Gasteiger partial charge on any atom is -0.367 e. The number of rotatable bonds is 1. The lowest BCUT2D eigenvalue weighted by atomic mass is 10.1. The Hall–Kier alpha value is -0.0400. The van der Waals surface area contributed by atoms with Crippen LogP contribution in [0.4, 0.5) is 0 Å². The Morgan fingerprint density at radius 1 is 1.57 bits per heavy atom. The van der Waals surface area contributed by atoms with Gasteiger partial charge in [0.1, 0.15) is 0 Å². The molecule has 0 radical (unpaired) electrons. The Labute approximate surface area is 44.7 Å². The predicted molar refractivity (Wildman–Crippen MR) is 29.2 cm³/mol. The largest absolute Gasteiger partial charge is 0.367 e. The summed E-state index contributed by atoms with van der Waals surface area (Å²) in [5.41, 5.74) is 0.217. The summed E-state index contributed by atoms with van der Waals surface area (Å²) >= 11 is 0. The summed E-state index contributed by atoms with van der Waals surface area (Å²) in [6, 6.07) is 0. The fraction of sp³-hybridized carbons (Fsp3) is 1.00. The molecule has 0 spiro atoms.